The molecule has 0 bridgehead atoms. The lowest BCUT2D eigenvalue weighted by atomic mass is 9.80. The van der Waals surface area contributed by atoms with E-state index in [4.69, 9.17) is 10.5 Å². The molecule has 1 aliphatic rings. The summed E-state index contributed by atoms with van der Waals surface area (Å²) in [5.74, 6) is 0.129. The first-order valence-corrected chi connectivity index (χ1v) is 6.88. The van der Waals surface area contributed by atoms with Crippen LogP contribution in [0.2, 0.25) is 0 Å². The quantitative estimate of drug-likeness (QED) is 0.665. The summed E-state index contributed by atoms with van der Waals surface area (Å²) in [7, 11) is 0. The van der Waals surface area contributed by atoms with Crippen LogP contribution in [0.5, 0.6) is 5.75 Å². The summed E-state index contributed by atoms with van der Waals surface area (Å²) in [6.07, 6.45) is 4.46. The predicted octanol–water partition coefficient (Wildman–Crippen LogP) is 2.88. The monoisotopic (exact) mass is 282 g/mol. The summed E-state index contributed by atoms with van der Waals surface area (Å²) in [5, 5.41) is 10.5. The van der Waals surface area contributed by atoms with Gasteiger partial charge in [0.05, 0.1) is 17.6 Å². The van der Waals surface area contributed by atoms with E-state index in [9.17, 15) is 14.5 Å². The van der Waals surface area contributed by atoms with Gasteiger partial charge in [-0.2, -0.15) is 0 Å². The highest BCUT2D eigenvalue weighted by Crippen LogP contribution is 2.30. The minimum absolute atomic E-state index is 0.0666. The fourth-order valence-electron chi connectivity index (χ4n) is 2.73. The molecular weight excluding hydrogens is 263 g/mol. The van der Waals surface area contributed by atoms with Gasteiger partial charge in [0.15, 0.2) is 11.6 Å². The number of nitro benzene ring substituents is 1. The molecular formula is C14H19FN2O3. The van der Waals surface area contributed by atoms with Gasteiger partial charge in [-0.1, -0.05) is 12.8 Å². The van der Waals surface area contributed by atoms with Crippen LogP contribution in [-0.2, 0) is 0 Å². The van der Waals surface area contributed by atoms with Gasteiger partial charge in [0, 0.05) is 6.07 Å². The topological polar surface area (TPSA) is 78.4 Å². The second kappa shape index (κ2) is 6.65. The number of benzene rings is 1. The van der Waals surface area contributed by atoms with Gasteiger partial charge in [-0.3, -0.25) is 10.1 Å². The number of rotatable bonds is 5. The van der Waals surface area contributed by atoms with E-state index in [1.165, 1.54) is 18.6 Å². The molecule has 1 saturated carbocycles. The molecule has 1 aliphatic carbocycles. The molecule has 2 rings (SSSR count). The minimum atomic E-state index is -0.695. The predicted molar refractivity (Wildman–Crippen MR) is 73.1 cm³/mol. The zero-order valence-electron chi connectivity index (χ0n) is 11.3. The molecule has 1 fully saturated rings. The minimum Gasteiger partial charge on any atom is -0.490 e. The van der Waals surface area contributed by atoms with E-state index in [2.05, 4.69) is 0 Å². The van der Waals surface area contributed by atoms with Crippen LogP contribution in [0.25, 0.3) is 0 Å². The Kier molecular flexibility index (Phi) is 4.89. The number of nitrogens with zero attached hydrogens (tertiary/aromatic N) is 1. The van der Waals surface area contributed by atoms with Crippen LogP contribution in [0.15, 0.2) is 18.2 Å². The first-order valence-electron chi connectivity index (χ1n) is 6.88. The summed E-state index contributed by atoms with van der Waals surface area (Å²) in [6, 6.07) is 3.45. The lowest BCUT2D eigenvalue weighted by Gasteiger charge is -2.30. The maximum Gasteiger partial charge on any atom is 0.272 e. The number of hydrogen-bond acceptors (Lipinski definition) is 4. The Bertz CT molecular complexity index is 481. The molecule has 0 heterocycles. The Labute approximate surface area is 117 Å². The van der Waals surface area contributed by atoms with Crippen molar-refractivity contribution in [2.75, 3.05) is 13.2 Å². The van der Waals surface area contributed by atoms with E-state index < -0.39 is 10.7 Å². The van der Waals surface area contributed by atoms with E-state index >= 15 is 0 Å². The molecule has 2 unspecified atom stereocenters. The average Bonchev–Trinajstić information content (AvgIpc) is 2.46. The van der Waals surface area contributed by atoms with E-state index in [1.807, 2.05) is 0 Å². The summed E-state index contributed by atoms with van der Waals surface area (Å²) in [4.78, 5) is 9.91. The highest BCUT2D eigenvalue weighted by atomic mass is 19.1. The zero-order chi connectivity index (χ0) is 14.5. The Balaban J connectivity index is 1.98. The van der Waals surface area contributed by atoms with Gasteiger partial charge >= 0.3 is 0 Å². The molecule has 0 aliphatic heterocycles. The first-order chi connectivity index (χ1) is 9.61. The Morgan fingerprint density at radius 1 is 1.35 bits per heavy atom. The average molecular weight is 282 g/mol. The van der Waals surface area contributed by atoms with Gasteiger partial charge in [0.25, 0.3) is 5.69 Å². The third kappa shape index (κ3) is 3.45. The lowest BCUT2D eigenvalue weighted by molar-refractivity contribution is -0.385. The number of ether oxygens (including phenoxy) is 1. The van der Waals surface area contributed by atoms with E-state index in [0.717, 1.165) is 25.3 Å². The van der Waals surface area contributed by atoms with Crippen molar-refractivity contribution in [2.24, 2.45) is 17.6 Å². The van der Waals surface area contributed by atoms with Gasteiger partial charge in [-0.25, -0.2) is 4.39 Å². The van der Waals surface area contributed by atoms with Crippen LogP contribution >= 0.6 is 0 Å². The molecule has 0 aromatic heterocycles. The smallest absolute Gasteiger partial charge is 0.272 e. The van der Waals surface area contributed by atoms with Crippen molar-refractivity contribution in [1.82, 2.24) is 0 Å². The second-order valence-electron chi connectivity index (χ2n) is 5.22. The fourth-order valence-corrected chi connectivity index (χ4v) is 2.73. The third-order valence-electron chi connectivity index (χ3n) is 3.95. The molecule has 0 radical (unpaired) electrons. The van der Waals surface area contributed by atoms with Gasteiger partial charge < -0.3 is 10.5 Å². The third-order valence-corrected chi connectivity index (χ3v) is 3.95. The van der Waals surface area contributed by atoms with Gasteiger partial charge in [0.2, 0.25) is 0 Å². The molecule has 2 N–H and O–H groups in total. The molecule has 20 heavy (non-hydrogen) atoms. The lowest BCUT2D eigenvalue weighted by Crippen LogP contribution is -2.30. The highest BCUT2D eigenvalue weighted by Gasteiger charge is 2.25. The van der Waals surface area contributed by atoms with E-state index in [1.54, 1.807) is 0 Å². The molecule has 0 amide bonds. The molecule has 6 heteroatoms. The highest BCUT2D eigenvalue weighted by molar-refractivity contribution is 5.37. The number of hydrogen-bond donors (Lipinski definition) is 1. The van der Waals surface area contributed by atoms with Crippen LogP contribution in [0.3, 0.4) is 0 Å². The number of halogens is 1. The maximum absolute atomic E-state index is 13.7. The molecule has 1 aromatic rings. The van der Waals surface area contributed by atoms with Crippen molar-refractivity contribution >= 4 is 5.69 Å². The van der Waals surface area contributed by atoms with Crippen molar-refractivity contribution < 1.29 is 14.1 Å². The molecule has 5 nitrogen and oxygen atoms in total. The molecule has 0 spiro atoms. The van der Waals surface area contributed by atoms with Crippen molar-refractivity contribution in [3.8, 4) is 5.75 Å². The van der Waals surface area contributed by atoms with Crippen LogP contribution in [-0.4, -0.2) is 18.1 Å². The molecule has 0 saturated heterocycles. The largest absolute Gasteiger partial charge is 0.490 e. The van der Waals surface area contributed by atoms with E-state index in [-0.39, 0.29) is 11.4 Å². The normalized spacial score (nSPS) is 22.5. The van der Waals surface area contributed by atoms with Crippen LogP contribution < -0.4 is 10.5 Å². The van der Waals surface area contributed by atoms with Gasteiger partial charge in [-0.15, -0.1) is 0 Å². The molecule has 1 aromatic carbocycles. The first kappa shape index (κ1) is 14.7. The van der Waals surface area contributed by atoms with Crippen molar-refractivity contribution in [1.29, 1.82) is 0 Å². The van der Waals surface area contributed by atoms with Crippen molar-refractivity contribution in [3.63, 3.8) is 0 Å². The summed E-state index contributed by atoms with van der Waals surface area (Å²) in [5.41, 5.74) is 5.47. The standard InChI is InChI=1S/C14H19FN2O3/c15-13-7-12(17(18)19)5-6-14(13)20-9-11-4-2-1-3-10(11)8-16/h5-7,10-11H,1-4,8-9,16H2. The summed E-state index contributed by atoms with van der Waals surface area (Å²) < 4.78 is 19.2. The van der Waals surface area contributed by atoms with Gasteiger partial charge in [-0.05, 0) is 37.3 Å². The Hall–Kier alpha value is -1.69. The molecule has 2 atom stereocenters. The van der Waals surface area contributed by atoms with Crippen LogP contribution in [0.1, 0.15) is 25.7 Å². The number of nitrogens with two attached hydrogens (primary N) is 1. The van der Waals surface area contributed by atoms with Crippen LogP contribution in [0.4, 0.5) is 10.1 Å². The fraction of sp³-hybridized carbons (Fsp3) is 0.571. The Morgan fingerprint density at radius 2 is 2.05 bits per heavy atom. The maximum atomic E-state index is 13.7. The second-order valence-corrected chi connectivity index (χ2v) is 5.22. The zero-order valence-corrected chi connectivity index (χ0v) is 11.3. The van der Waals surface area contributed by atoms with E-state index in [0.29, 0.717) is 25.0 Å². The van der Waals surface area contributed by atoms with Crippen molar-refractivity contribution in [3.05, 3.63) is 34.1 Å². The van der Waals surface area contributed by atoms with Crippen LogP contribution in [0, 0.1) is 27.8 Å². The number of nitro groups is 1. The molecule has 110 valence electrons. The van der Waals surface area contributed by atoms with Gasteiger partial charge in [0.1, 0.15) is 0 Å². The SMILES string of the molecule is NCC1CCCCC1COc1ccc([N+](=O)[O-])cc1F. The summed E-state index contributed by atoms with van der Waals surface area (Å²) >= 11 is 0. The number of non-ortho nitro benzene ring substituents is 1. The summed E-state index contributed by atoms with van der Waals surface area (Å²) in [6.45, 7) is 1.04. The van der Waals surface area contributed by atoms with Crippen molar-refractivity contribution in [2.45, 2.75) is 25.7 Å². The Morgan fingerprint density at radius 3 is 2.65 bits per heavy atom.